The number of aromatic nitrogens is 2. The van der Waals surface area contributed by atoms with Crippen LogP contribution in [0.15, 0.2) is 48.5 Å². The van der Waals surface area contributed by atoms with Crippen LogP contribution >= 0.6 is 0 Å². The van der Waals surface area contributed by atoms with E-state index in [4.69, 9.17) is 0 Å². The smallest absolute Gasteiger partial charge is 0.218 e. The van der Waals surface area contributed by atoms with Gasteiger partial charge in [-0.05, 0) is 26.3 Å². The number of aromatic hydroxyl groups is 1. The van der Waals surface area contributed by atoms with E-state index >= 15 is 0 Å². The fraction of sp³-hybridized carbons (Fsp3) is 0.211. The van der Waals surface area contributed by atoms with Crippen molar-refractivity contribution in [2.45, 2.75) is 27.3 Å². The lowest BCUT2D eigenvalue weighted by Gasteiger charge is -2.05. The topological polar surface area (TPSA) is 38.0 Å². The Morgan fingerprint density at radius 2 is 1.36 bits per heavy atom. The lowest BCUT2D eigenvalue weighted by Crippen LogP contribution is -1.95. The molecule has 1 heterocycles. The molecular formula is C19H20N2O. The van der Waals surface area contributed by atoms with Crippen molar-refractivity contribution >= 4 is 0 Å². The minimum atomic E-state index is 0.224. The van der Waals surface area contributed by atoms with Gasteiger partial charge in [0.15, 0.2) is 0 Å². The van der Waals surface area contributed by atoms with Crippen LogP contribution in [0.2, 0.25) is 0 Å². The Kier molecular flexibility index (Phi) is 3.72. The number of hydrogen-bond acceptors (Lipinski definition) is 2. The average molecular weight is 292 g/mol. The molecule has 3 heteroatoms. The summed E-state index contributed by atoms with van der Waals surface area (Å²) in [6.45, 7) is 6.73. The molecule has 0 radical (unpaired) electrons. The maximum Gasteiger partial charge on any atom is 0.218 e. The summed E-state index contributed by atoms with van der Waals surface area (Å²) in [6.07, 6.45) is 0. The second kappa shape index (κ2) is 5.68. The van der Waals surface area contributed by atoms with Gasteiger partial charge in [0.05, 0.1) is 5.56 Å². The first-order valence-corrected chi connectivity index (χ1v) is 7.54. The molecule has 0 aliphatic carbocycles. The monoisotopic (exact) mass is 292 g/mol. The van der Waals surface area contributed by atoms with Gasteiger partial charge in [-0.3, -0.25) is 0 Å². The first-order valence-electron chi connectivity index (χ1n) is 7.54. The number of rotatable bonds is 3. The Labute approximate surface area is 130 Å². The molecule has 1 aromatic heterocycles. The summed E-state index contributed by atoms with van der Waals surface area (Å²) < 4.78 is 1.64. The Bertz CT molecular complexity index is 784. The highest BCUT2D eigenvalue weighted by Gasteiger charge is 2.19. The van der Waals surface area contributed by atoms with Crippen LogP contribution in [0, 0.1) is 13.8 Å². The molecule has 0 aliphatic rings. The fourth-order valence-electron chi connectivity index (χ4n) is 2.57. The van der Waals surface area contributed by atoms with Crippen LogP contribution in [0.3, 0.4) is 0 Å². The van der Waals surface area contributed by atoms with E-state index in [1.165, 1.54) is 11.1 Å². The van der Waals surface area contributed by atoms with Crippen molar-refractivity contribution in [1.29, 1.82) is 0 Å². The standard InChI is InChI=1S/C19H20N2O/c1-4-21-19(22)17(15-9-5-13(2)6-10-15)18(20-21)16-11-7-14(3)8-12-16/h5-12,22H,4H2,1-3H3. The van der Waals surface area contributed by atoms with Gasteiger partial charge in [-0.2, -0.15) is 5.10 Å². The largest absolute Gasteiger partial charge is 0.493 e. The number of nitrogens with zero attached hydrogens (tertiary/aromatic N) is 2. The molecule has 0 bridgehead atoms. The summed E-state index contributed by atoms with van der Waals surface area (Å²) in [6, 6.07) is 16.4. The fourth-order valence-corrected chi connectivity index (χ4v) is 2.57. The Hall–Kier alpha value is -2.55. The second-order valence-corrected chi connectivity index (χ2v) is 5.60. The second-order valence-electron chi connectivity index (χ2n) is 5.60. The molecule has 0 amide bonds. The van der Waals surface area contributed by atoms with E-state index in [1.54, 1.807) is 4.68 Å². The lowest BCUT2D eigenvalue weighted by atomic mass is 10.00. The van der Waals surface area contributed by atoms with Gasteiger partial charge in [0.25, 0.3) is 0 Å². The molecule has 22 heavy (non-hydrogen) atoms. The van der Waals surface area contributed by atoms with Crippen molar-refractivity contribution in [1.82, 2.24) is 9.78 Å². The zero-order valence-corrected chi connectivity index (χ0v) is 13.2. The summed E-state index contributed by atoms with van der Waals surface area (Å²) in [5, 5.41) is 15.1. The summed E-state index contributed by atoms with van der Waals surface area (Å²) in [7, 11) is 0. The van der Waals surface area contributed by atoms with Gasteiger partial charge >= 0.3 is 0 Å². The van der Waals surface area contributed by atoms with Crippen LogP contribution < -0.4 is 0 Å². The van der Waals surface area contributed by atoms with Crippen LogP contribution in [0.1, 0.15) is 18.1 Å². The van der Waals surface area contributed by atoms with E-state index in [-0.39, 0.29) is 5.88 Å². The van der Waals surface area contributed by atoms with Crippen LogP contribution in [-0.2, 0) is 6.54 Å². The highest BCUT2D eigenvalue weighted by molar-refractivity contribution is 5.84. The summed E-state index contributed by atoms with van der Waals surface area (Å²) in [5.41, 5.74) is 6.03. The highest BCUT2D eigenvalue weighted by atomic mass is 16.3. The number of hydrogen-bond donors (Lipinski definition) is 1. The van der Waals surface area contributed by atoms with E-state index in [0.717, 1.165) is 22.4 Å². The van der Waals surface area contributed by atoms with Crippen molar-refractivity contribution < 1.29 is 5.11 Å². The van der Waals surface area contributed by atoms with Crippen LogP contribution in [0.5, 0.6) is 5.88 Å². The first kappa shape index (κ1) is 14.4. The normalized spacial score (nSPS) is 10.9. The third-order valence-electron chi connectivity index (χ3n) is 3.89. The van der Waals surface area contributed by atoms with Gasteiger partial charge in [-0.1, -0.05) is 59.7 Å². The average Bonchev–Trinajstić information content (AvgIpc) is 2.86. The molecule has 0 fully saturated rings. The van der Waals surface area contributed by atoms with E-state index in [9.17, 15) is 5.11 Å². The van der Waals surface area contributed by atoms with Crippen molar-refractivity contribution in [3.63, 3.8) is 0 Å². The van der Waals surface area contributed by atoms with Crippen LogP contribution in [0.25, 0.3) is 22.4 Å². The quantitative estimate of drug-likeness (QED) is 0.768. The molecule has 112 valence electrons. The lowest BCUT2D eigenvalue weighted by molar-refractivity contribution is 0.407. The van der Waals surface area contributed by atoms with Gasteiger partial charge in [0.2, 0.25) is 5.88 Å². The maximum atomic E-state index is 10.5. The highest BCUT2D eigenvalue weighted by Crippen LogP contribution is 2.38. The third kappa shape index (κ3) is 2.50. The number of benzene rings is 2. The Balaban J connectivity index is 2.21. The first-order chi connectivity index (χ1) is 10.6. The third-order valence-corrected chi connectivity index (χ3v) is 3.89. The molecule has 3 rings (SSSR count). The zero-order chi connectivity index (χ0) is 15.7. The number of aryl methyl sites for hydroxylation is 3. The molecule has 0 atom stereocenters. The van der Waals surface area contributed by atoms with Gasteiger partial charge in [-0.25, -0.2) is 4.68 Å². The minimum absolute atomic E-state index is 0.224. The minimum Gasteiger partial charge on any atom is -0.493 e. The zero-order valence-electron chi connectivity index (χ0n) is 13.2. The molecule has 0 saturated heterocycles. The van der Waals surface area contributed by atoms with E-state index < -0.39 is 0 Å². The molecule has 0 unspecified atom stereocenters. The predicted octanol–water partition coefficient (Wildman–Crippen LogP) is 4.56. The van der Waals surface area contributed by atoms with Crippen molar-refractivity contribution in [2.24, 2.45) is 0 Å². The SMILES string of the molecule is CCn1nc(-c2ccc(C)cc2)c(-c2ccc(C)cc2)c1O. The molecule has 0 aliphatic heterocycles. The van der Waals surface area contributed by atoms with E-state index in [0.29, 0.717) is 6.54 Å². The molecule has 0 spiro atoms. The molecule has 3 aromatic rings. The molecular weight excluding hydrogens is 272 g/mol. The summed E-state index contributed by atoms with van der Waals surface area (Å²) >= 11 is 0. The molecule has 2 aromatic carbocycles. The van der Waals surface area contributed by atoms with Crippen molar-refractivity contribution in [3.8, 4) is 28.3 Å². The Morgan fingerprint density at radius 1 is 0.864 bits per heavy atom. The maximum absolute atomic E-state index is 10.5. The molecule has 1 N–H and O–H groups in total. The van der Waals surface area contributed by atoms with Crippen molar-refractivity contribution in [3.05, 3.63) is 59.7 Å². The van der Waals surface area contributed by atoms with Gasteiger partial charge < -0.3 is 5.11 Å². The van der Waals surface area contributed by atoms with Gasteiger partial charge in [-0.15, -0.1) is 0 Å². The molecule has 3 nitrogen and oxygen atoms in total. The van der Waals surface area contributed by atoms with Gasteiger partial charge in [0, 0.05) is 12.1 Å². The molecule has 0 saturated carbocycles. The predicted molar refractivity (Wildman–Crippen MR) is 89.9 cm³/mol. The summed E-state index contributed by atoms with van der Waals surface area (Å²) in [4.78, 5) is 0. The van der Waals surface area contributed by atoms with E-state index in [1.807, 2.05) is 19.1 Å². The van der Waals surface area contributed by atoms with E-state index in [2.05, 4.69) is 55.3 Å². The van der Waals surface area contributed by atoms with Crippen molar-refractivity contribution in [2.75, 3.05) is 0 Å². The van der Waals surface area contributed by atoms with Crippen LogP contribution in [-0.4, -0.2) is 14.9 Å². The summed E-state index contributed by atoms with van der Waals surface area (Å²) in [5.74, 6) is 0.224. The van der Waals surface area contributed by atoms with Gasteiger partial charge in [0.1, 0.15) is 5.69 Å². The van der Waals surface area contributed by atoms with Crippen LogP contribution in [0.4, 0.5) is 0 Å². The Morgan fingerprint density at radius 3 is 1.86 bits per heavy atom.